The summed E-state index contributed by atoms with van der Waals surface area (Å²) in [4.78, 5) is 31.5. The Kier molecular flexibility index (Phi) is 10.5. The summed E-state index contributed by atoms with van der Waals surface area (Å²) in [7, 11) is 1.66. The number of likely N-dealkylation sites (tertiary alicyclic amines) is 2. The Morgan fingerprint density at radius 1 is 0.809 bits per heavy atom. The Morgan fingerprint density at radius 2 is 1.38 bits per heavy atom. The van der Waals surface area contributed by atoms with E-state index in [1.165, 1.54) is 0 Å². The monoisotopic (exact) mass is 631 g/mol. The van der Waals surface area contributed by atoms with Crippen molar-refractivity contribution in [3.8, 4) is 17.6 Å². The zero-order valence-corrected chi connectivity index (χ0v) is 27.6. The van der Waals surface area contributed by atoms with Crippen LogP contribution in [0.5, 0.6) is 11.5 Å². The molecule has 3 unspecified atom stereocenters. The molecular formula is C40H45N3O4. The minimum Gasteiger partial charge on any atom is -0.497 e. The first-order valence-corrected chi connectivity index (χ1v) is 17.1. The van der Waals surface area contributed by atoms with Crippen molar-refractivity contribution in [2.75, 3.05) is 46.4 Å². The molecule has 4 aromatic rings. The van der Waals surface area contributed by atoms with Gasteiger partial charge < -0.3 is 14.4 Å². The lowest BCUT2D eigenvalue weighted by atomic mass is 9.88. The second-order valence-corrected chi connectivity index (χ2v) is 13.2. The Bertz CT molecular complexity index is 1780. The largest absolute Gasteiger partial charge is 0.497 e. The second-order valence-electron chi connectivity index (χ2n) is 13.2. The number of piperidine rings is 2. The molecule has 7 nitrogen and oxygen atoms in total. The zero-order chi connectivity index (χ0) is 32.8. The summed E-state index contributed by atoms with van der Waals surface area (Å²) >= 11 is 0. The maximum atomic E-state index is 13.5. The molecule has 2 saturated heterocycles. The van der Waals surface area contributed by atoms with Gasteiger partial charge in [-0.05, 0) is 110 Å². The molecule has 0 N–H and O–H groups in total. The van der Waals surface area contributed by atoms with Crippen molar-refractivity contribution < 1.29 is 19.1 Å². The van der Waals surface area contributed by atoms with Crippen LogP contribution in [0.3, 0.4) is 0 Å². The Hall–Kier alpha value is -4.25. The van der Waals surface area contributed by atoms with E-state index in [0.717, 1.165) is 109 Å². The number of ketones is 2. The van der Waals surface area contributed by atoms with E-state index < -0.39 is 0 Å². The van der Waals surface area contributed by atoms with Crippen molar-refractivity contribution in [2.24, 2.45) is 11.8 Å². The number of nitriles is 1. The van der Waals surface area contributed by atoms with Crippen LogP contribution in [0.15, 0.2) is 72.8 Å². The SMILES string of the molecule is COc1ccc2cc(C(=O)C3CCCN(C(C)CCOc4ccc5cc(C(=O)C6CCCN(CCC#N)C6)ccc5c4)C3)ccc2c1. The predicted octanol–water partition coefficient (Wildman–Crippen LogP) is 7.56. The number of Topliss-reactive ketones (excluding diaryl/α,β-unsaturated/α-hetero) is 2. The van der Waals surface area contributed by atoms with Gasteiger partial charge in [0.05, 0.1) is 19.8 Å². The van der Waals surface area contributed by atoms with Gasteiger partial charge in [-0.1, -0.05) is 36.4 Å². The fourth-order valence-electron chi connectivity index (χ4n) is 7.27. The van der Waals surface area contributed by atoms with E-state index in [9.17, 15) is 9.59 Å². The van der Waals surface area contributed by atoms with Gasteiger partial charge in [-0.3, -0.25) is 14.5 Å². The average molecular weight is 632 g/mol. The van der Waals surface area contributed by atoms with Gasteiger partial charge in [0, 0.05) is 55.1 Å². The molecule has 244 valence electrons. The summed E-state index contributed by atoms with van der Waals surface area (Å²) < 4.78 is 11.5. The number of methoxy groups -OCH3 is 1. The molecule has 2 aliphatic heterocycles. The zero-order valence-electron chi connectivity index (χ0n) is 27.6. The summed E-state index contributed by atoms with van der Waals surface area (Å²) in [6.07, 6.45) is 5.21. The van der Waals surface area contributed by atoms with Gasteiger partial charge in [-0.2, -0.15) is 5.26 Å². The normalized spacial score (nSPS) is 19.7. The summed E-state index contributed by atoms with van der Waals surface area (Å²) in [5, 5.41) is 13.1. The molecule has 2 heterocycles. The Morgan fingerprint density at radius 3 is 2.04 bits per heavy atom. The Balaban J connectivity index is 1.01. The van der Waals surface area contributed by atoms with E-state index in [1.807, 2.05) is 72.8 Å². The molecule has 0 saturated carbocycles. The molecule has 0 spiro atoms. The van der Waals surface area contributed by atoms with Crippen LogP contribution in [0, 0.1) is 23.2 Å². The molecule has 2 aliphatic rings. The molecule has 0 aliphatic carbocycles. The summed E-state index contributed by atoms with van der Waals surface area (Å²) in [6, 6.07) is 26.5. The number of ether oxygens (including phenoxy) is 2. The third kappa shape index (κ3) is 7.84. The van der Waals surface area contributed by atoms with Gasteiger partial charge in [0.25, 0.3) is 0 Å². The highest BCUT2D eigenvalue weighted by Gasteiger charge is 2.29. The topological polar surface area (TPSA) is 82.9 Å². The number of nitrogens with zero attached hydrogens (tertiary/aromatic N) is 3. The number of rotatable bonds is 12. The molecule has 4 aromatic carbocycles. The van der Waals surface area contributed by atoms with Crippen LogP contribution in [0.25, 0.3) is 21.5 Å². The smallest absolute Gasteiger partial charge is 0.167 e. The van der Waals surface area contributed by atoms with E-state index in [1.54, 1.807) is 7.11 Å². The van der Waals surface area contributed by atoms with Gasteiger partial charge >= 0.3 is 0 Å². The van der Waals surface area contributed by atoms with E-state index in [-0.39, 0.29) is 23.4 Å². The third-order valence-electron chi connectivity index (χ3n) is 10.1. The first-order chi connectivity index (χ1) is 22.9. The summed E-state index contributed by atoms with van der Waals surface area (Å²) in [6.45, 7) is 7.03. The number of carbonyl (C=O) groups is 2. The molecule has 7 heteroatoms. The quantitative estimate of drug-likeness (QED) is 0.149. The number of fused-ring (bicyclic) bond motifs is 2. The van der Waals surface area contributed by atoms with Crippen LogP contribution >= 0.6 is 0 Å². The molecule has 0 bridgehead atoms. The van der Waals surface area contributed by atoms with Crippen molar-refractivity contribution in [1.29, 1.82) is 5.26 Å². The molecule has 0 aromatic heterocycles. The fraction of sp³-hybridized carbons (Fsp3) is 0.425. The average Bonchev–Trinajstić information content (AvgIpc) is 3.12. The van der Waals surface area contributed by atoms with Crippen LogP contribution < -0.4 is 9.47 Å². The first-order valence-electron chi connectivity index (χ1n) is 17.1. The standard InChI is InChI=1S/C40H45N3O4/c1-28(43-20-4-7-36(27-43)40(45)34-10-8-31-24-37(46-2)14-12-29(31)22-34)16-21-47-38-15-13-30-23-33(11-9-32(30)25-38)39(44)35-6-3-18-42(26-35)19-5-17-41/h8-15,22-25,28,35-36H,3-7,16,18-21,26-27H2,1-2H3. The predicted molar refractivity (Wildman–Crippen MR) is 186 cm³/mol. The lowest BCUT2D eigenvalue weighted by molar-refractivity contribution is 0.0743. The van der Waals surface area contributed by atoms with Gasteiger partial charge in [-0.15, -0.1) is 0 Å². The van der Waals surface area contributed by atoms with Gasteiger partial charge in [0.15, 0.2) is 11.6 Å². The molecule has 0 amide bonds. The minimum absolute atomic E-state index is 0.000638. The summed E-state index contributed by atoms with van der Waals surface area (Å²) in [5.74, 6) is 2.06. The van der Waals surface area contributed by atoms with Gasteiger partial charge in [-0.25, -0.2) is 0 Å². The number of benzene rings is 4. The first kappa shape index (κ1) is 32.7. The third-order valence-corrected chi connectivity index (χ3v) is 10.1. The highest BCUT2D eigenvalue weighted by atomic mass is 16.5. The van der Waals surface area contributed by atoms with Crippen molar-refractivity contribution in [3.63, 3.8) is 0 Å². The van der Waals surface area contributed by atoms with E-state index in [4.69, 9.17) is 14.7 Å². The fourth-order valence-corrected chi connectivity index (χ4v) is 7.27. The Labute approximate surface area is 278 Å². The van der Waals surface area contributed by atoms with Gasteiger partial charge in [0.1, 0.15) is 11.5 Å². The lowest BCUT2D eigenvalue weighted by Crippen LogP contribution is -2.44. The van der Waals surface area contributed by atoms with Crippen LogP contribution in [0.4, 0.5) is 0 Å². The molecule has 3 atom stereocenters. The van der Waals surface area contributed by atoms with Crippen LogP contribution in [-0.4, -0.2) is 73.8 Å². The van der Waals surface area contributed by atoms with Crippen molar-refractivity contribution in [3.05, 3.63) is 83.9 Å². The highest BCUT2D eigenvalue weighted by Crippen LogP contribution is 2.28. The minimum atomic E-state index is -0.0125. The lowest BCUT2D eigenvalue weighted by Gasteiger charge is -2.36. The van der Waals surface area contributed by atoms with Gasteiger partial charge in [0.2, 0.25) is 0 Å². The molecular weight excluding hydrogens is 586 g/mol. The highest BCUT2D eigenvalue weighted by molar-refractivity contribution is 6.02. The molecule has 47 heavy (non-hydrogen) atoms. The van der Waals surface area contributed by atoms with Crippen LogP contribution in [0.1, 0.15) is 66.2 Å². The number of carbonyl (C=O) groups excluding carboxylic acids is 2. The second kappa shape index (κ2) is 15.1. The van der Waals surface area contributed by atoms with Crippen molar-refractivity contribution >= 4 is 33.1 Å². The number of hydrogen-bond acceptors (Lipinski definition) is 7. The maximum absolute atomic E-state index is 13.5. The summed E-state index contributed by atoms with van der Waals surface area (Å²) in [5.41, 5.74) is 1.54. The van der Waals surface area contributed by atoms with E-state index in [2.05, 4.69) is 22.8 Å². The van der Waals surface area contributed by atoms with Crippen LogP contribution in [0.2, 0.25) is 0 Å². The number of hydrogen-bond donors (Lipinski definition) is 0. The van der Waals surface area contributed by atoms with E-state index in [0.29, 0.717) is 19.1 Å². The van der Waals surface area contributed by atoms with E-state index >= 15 is 0 Å². The molecule has 0 radical (unpaired) electrons. The molecule has 2 fully saturated rings. The van der Waals surface area contributed by atoms with Crippen LogP contribution in [-0.2, 0) is 0 Å². The van der Waals surface area contributed by atoms with Crippen molar-refractivity contribution in [2.45, 2.75) is 51.5 Å². The van der Waals surface area contributed by atoms with Crippen molar-refractivity contribution in [1.82, 2.24) is 9.80 Å². The molecule has 6 rings (SSSR count). The maximum Gasteiger partial charge on any atom is 0.167 e.